The lowest BCUT2D eigenvalue weighted by atomic mass is 10.0. The molecule has 4 rings (SSSR count). The highest BCUT2D eigenvalue weighted by Crippen LogP contribution is 2.21. The van der Waals surface area contributed by atoms with Crippen LogP contribution < -0.4 is 5.56 Å². The van der Waals surface area contributed by atoms with Crippen LogP contribution in [0.3, 0.4) is 0 Å². The summed E-state index contributed by atoms with van der Waals surface area (Å²) in [6.45, 7) is 3.64. The van der Waals surface area contributed by atoms with E-state index in [2.05, 4.69) is 14.9 Å². The molecule has 2 heterocycles. The molecule has 1 aromatic heterocycles. The molecule has 1 N–H and O–H groups in total. The number of halogens is 2. The van der Waals surface area contributed by atoms with Crippen LogP contribution in [-0.2, 0) is 19.5 Å². The van der Waals surface area contributed by atoms with E-state index >= 15 is 0 Å². The van der Waals surface area contributed by atoms with Crippen LogP contribution in [0.15, 0.2) is 47.3 Å². The summed E-state index contributed by atoms with van der Waals surface area (Å²) in [4.78, 5) is 22.1. The van der Waals surface area contributed by atoms with Crippen LogP contribution in [-0.4, -0.2) is 21.4 Å². The number of nitrogens with one attached hydrogen (secondary N) is 1. The van der Waals surface area contributed by atoms with E-state index in [9.17, 15) is 13.6 Å². The van der Waals surface area contributed by atoms with Gasteiger partial charge in [0.15, 0.2) is 11.6 Å². The molecule has 0 bridgehead atoms. The van der Waals surface area contributed by atoms with E-state index < -0.39 is 11.6 Å². The molecule has 1 aliphatic heterocycles. The molecule has 2 aromatic carbocycles. The maximum absolute atomic E-state index is 13.4. The fraction of sp³-hybridized carbons (Fsp3) is 0.238. The molecule has 0 aliphatic carbocycles. The Kier molecular flexibility index (Phi) is 4.58. The molecule has 0 unspecified atom stereocenters. The zero-order valence-electron chi connectivity index (χ0n) is 14.9. The molecular formula is C21H19F2N3O. The summed E-state index contributed by atoms with van der Waals surface area (Å²) >= 11 is 0. The van der Waals surface area contributed by atoms with Crippen LogP contribution in [0.4, 0.5) is 8.78 Å². The van der Waals surface area contributed by atoms with Crippen molar-refractivity contribution in [2.45, 2.75) is 26.4 Å². The molecule has 3 aromatic rings. The van der Waals surface area contributed by atoms with Crippen LogP contribution in [0, 0.1) is 18.6 Å². The quantitative estimate of drug-likeness (QED) is 0.770. The van der Waals surface area contributed by atoms with Crippen LogP contribution in [0.1, 0.15) is 22.4 Å². The zero-order valence-corrected chi connectivity index (χ0v) is 14.9. The summed E-state index contributed by atoms with van der Waals surface area (Å²) in [5.41, 5.74) is 4.02. The molecule has 0 fully saturated rings. The van der Waals surface area contributed by atoms with E-state index in [-0.39, 0.29) is 5.56 Å². The highest BCUT2D eigenvalue weighted by atomic mass is 19.2. The van der Waals surface area contributed by atoms with Crippen molar-refractivity contribution in [1.29, 1.82) is 0 Å². The number of aromatic amines is 1. The largest absolute Gasteiger partial charge is 0.306 e. The molecule has 138 valence electrons. The third kappa shape index (κ3) is 3.66. The number of rotatable bonds is 3. The van der Waals surface area contributed by atoms with Crippen LogP contribution in [0.5, 0.6) is 0 Å². The average molecular weight is 367 g/mol. The van der Waals surface area contributed by atoms with Crippen LogP contribution in [0.25, 0.3) is 11.4 Å². The third-order valence-electron chi connectivity index (χ3n) is 4.87. The molecule has 0 amide bonds. The van der Waals surface area contributed by atoms with Gasteiger partial charge >= 0.3 is 0 Å². The fourth-order valence-corrected chi connectivity index (χ4v) is 3.37. The van der Waals surface area contributed by atoms with Crippen molar-refractivity contribution in [2.24, 2.45) is 0 Å². The monoisotopic (exact) mass is 367 g/mol. The lowest BCUT2D eigenvalue weighted by molar-refractivity contribution is 0.240. The number of hydrogen-bond acceptors (Lipinski definition) is 3. The second-order valence-electron chi connectivity index (χ2n) is 6.91. The van der Waals surface area contributed by atoms with Gasteiger partial charge in [0, 0.05) is 30.8 Å². The van der Waals surface area contributed by atoms with Crippen molar-refractivity contribution in [1.82, 2.24) is 14.9 Å². The maximum Gasteiger partial charge on any atom is 0.254 e. The standard InChI is InChI=1S/C21H19F2N3O/c1-13-2-5-15(6-3-13)20-24-19-12-26(9-8-16(19)21(27)25-20)11-14-4-7-17(22)18(23)10-14/h2-7,10H,8-9,11-12H2,1H3,(H,24,25,27). The molecule has 0 spiro atoms. The van der Waals surface area contributed by atoms with E-state index in [1.807, 2.05) is 31.2 Å². The van der Waals surface area contributed by atoms with Gasteiger partial charge in [0.1, 0.15) is 5.82 Å². The number of hydrogen-bond donors (Lipinski definition) is 1. The van der Waals surface area contributed by atoms with E-state index in [4.69, 9.17) is 0 Å². The topological polar surface area (TPSA) is 49.0 Å². The Balaban J connectivity index is 1.60. The number of benzene rings is 2. The van der Waals surface area contributed by atoms with E-state index in [0.717, 1.165) is 22.9 Å². The van der Waals surface area contributed by atoms with Gasteiger partial charge in [-0.2, -0.15) is 0 Å². The lowest BCUT2D eigenvalue weighted by Gasteiger charge is -2.27. The number of H-pyrrole nitrogens is 1. The van der Waals surface area contributed by atoms with Gasteiger partial charge in [0.2, 0.25) is 0 Å². The smallest absolute Gasteiger partial charge is 0.254 e. The average Bonchev–Trinajstić information content (AvgIpc) is 2.65. The summed E-state index contributed by atoms with van der Waals surface area (Å²) in [6.07, 6.45) is 0.579. The van der Waals surface area contributed by atoms with Crippen molar-refractivity contribution in [2.75, 3.05) is 6.54 Å². The Morgan fingerprint density at radius 2 is 1.89 bits per heavy atom. The predicted molar refractivity (Wildman–Crippen MR) is 99.2 cm³/mol. The minimum atomic E-state index is -0.848. The Bertz CT molecular complexity index is 1040. The van der Waals surface area contributed by atoms with Crippen molar-refractivity contribution in [3.63, 3.8) is 0 Å². The van der Waals surface area contributed by atoms with Gasteiger partial charge in [0.25, 0.3) is 5.56 Å². The molecule has 0 saturated carbocycles. The van der Waals surface area contributed by atoms with Gasteiger partial charge in [-0.15, -0.1) is 0 Å². The molecule has 27 heavy (non-hydrogen) atoms. The summed E-state index contributed by atoms with van der Waals surface area (Å²) in [7, 11) is 0. The zero-order chi connectivity index (χ0) is 19.0. The van der Waals surface area contributed by atoms with E-state index in [0.29, 0.717) is 43.0 Å². The first-order chi connectivity index (χ1) is 13.0. The van der Waals surface area contributed by atoms with Gasteiger partial charge in [-0.25, -0.2) is 13.8 Å². The Labute approximate surface area is 155 Å². The second kappa shape index (κ2) is 7.04. The normalized spacial score (nSPS) is 14.2. The summed E-state index contributed by atoms with van der Waals surface area (Å²) < 4.78 is 26.6. The number of aromatic nitrogens is 2. The van der Waals surface area contributed by atoms with Gasteiger partial charge in [-0.1, -0.05) is 35.9 Å². The van der Waals surface area contributed by atoms with Gasteiger partial charge in [-0.05, 0) is 31.0 Å². The predicted octanol–water partition coefficient (Wildman–Crippen LogP) is 3.58. The Hall–Kier alpha value is -2.86. The third-order valence-corrected chi connectivity index (χ3v) is 4.87. The van der Waals surface area contributed by atoms with Gasteiger partial charge in [0.05, 0.1) is 5.69 Å². The van der Waals surface area contributed by atoms with E-state index in [1.165, 1.54) is 6.07 Å². The first-order valence-corrected chi connectivity index (χ1v) is 8.85. The second-order valence-corrected chi connectivity index (χ2v) is 6.91. The molecule has 0 saturated heterocycles. The SMILES string of the molecule is Cc1ccc(-c2nc3c(c(=O)[nH]2)CCN(Cc2ccc(F)c(F)c2)C3)cc1. The van der Waals surface area contributed by atoms with Crippen molar-refractivity contribution in [3.8, 4) is 11.4 Å². The maximum atomic E-state index is 13.4. The molecule has 0 radical (unpaired) electrons. The first-order valence-electron chi connectivity index (χ1n) is 8.85. The Morgan fingerprint density at radius 1 is 1.11 bits per heavy atom. The number of nitrogens with zero attached hydrogens (tertiary/aromatic N) is 2. The van der Waals surface area contributed by atoms with Crippen LogP contribution in [0.2, 0.25) is 0 Å². The summed E-state index contributed by atoms with van der Waals surface area (Å²) in [5.74, 6) is -1.15. The number of aryl methyl sites for hydroxylation is 1. The van der Waals surface area contributed by atoms with E-state index in [1.54, 1.807) is 6.07 Å². The number of fused-ring (bicyclic) bond motifs is 1. The van der Waals surface area contributed by atoms with Gasteiger partial charge in [-0.3, -0.25) is 9.69 Å². The first kappa shape index (κ1) is 17.5. The van der Waals surface area contributed by atoms with Crippen molar-refractivity contribution in [3.05, 3.63) is 86.8 Å². The Morgan fingerprint density at radius 3 is 2.63 bits per heavy atom. The van der Waals surface area contributed by atoms with Crippen molar-refractivity contribution >= 4 is 0 Å². The molecular weight excluding hydrogens is 348 g/mol. The van der Waals surface area contributed by atoms with Gasteiger partial charge < -0.3 is 4.98 Å². The van der Waals surface area contributed by atoms with Crippen LogP contribution >= 0.6 is 0 Å². The van der Waals surface area contributed by atoms with Crippen molar-refractivity contribution < 1.29 is 8.78 Å². The minimum absolute atomic E-state index is 0.108. The minimum Gasteiger partial charge on any atom is -0.306 e. The molecule has 1 aliphatic rings. The molecule has 6 heteroatoms. The fourth-order valence-electron chi connectivity index (χ4n) is 3.37. The molecule has 0 atom stereocenters. The highest BCUT2D eigenvalue weighted by Gasteiger charge is 2.21. The summed E-state index contributed by atoms with van der Waals surface area (Å²) in [5, 5.41) is 0. The summed E-state index contributed by atoms with van der Waals surface area (Å²) in [6, 6.07) is 11.8. The highest BCUT2D eigenvalue weighted by molar-refractivity contribution is 5.55. The molecule has 4 nitrogen and oxygen atoms in total. The lowest BCUT2D eigenvalue weighted by Crippen LogP contribution is -2.35.